The lowest BCUT2D eigenvalue weighted by Crippen LogP contribution is -2.32. The van der Waals surface area contributed by atoms with Crippen molar-refractivity contribution in [3.05, 3.63) is 65.5 Å². The van der Waals surface area contributed by atoms with E-state index in [0.29, 0.717) is 6.61 Å². The van der Waals surface area contributed by atoms with Crippen LogP contribution in [0.2, 0.25) is 0 Å². The number of hydrogen-bond acceptors (Lipinski definition) is 4. The minimum Gasteiger partial charge on any atom is -0.461 e. The molecule has 0 spiro atoms. The number of fused-ring (bicyclic) bond motifs is 1. The average molecular weight is 322 g/mol. The maximum absolute atomic E-state index is 11.8. The molecule has 0 saturated heterocycles. The molecular weight excluding hydrogens is 300 g/mol. The van der Waals surface area contributed by atoms with E-state index in [1.807, 2.05) is 19.1 Å². The Balaban J connectivity index is 1.48. The van der Waals surface area contributed by atoms with Gasteiger partial charge in [-0.3, -0.25) is 4.98 Å². The fraction of sp³-hybridized carbons (Fsp3) is 0.300. The molecule has 1 aromatic heterocycles. The summed E-state index contributed by atoms with van der Waals surface area (Å²) in [5, 5.41) is 0. The standard InChI is InChI=1S/C20H22N2O2/c1-16-8-9-17(15-21-16)10-11-20(23)24-14-13-22-12-4-6-18-5-2-3-7-19(18)22/h2-3,5,7-11,15H,4,6,12-14H2,1H3/b11-10+. The van der Waals surface area contributed by atoms with Crippen molar-refractivity contribution in [1.82, 2.24) is 4.98 Å². The lowest BCUT2D eigenvalue weighted by molar-refractivity contribution is -0.137. The van der Waals surface area contributed by atoms with Gasteiger partial charge in [0.05, 0.1) is 6.54 Å². The second-order valence-corrected chi connectivity index (χ2v) is 5.95. The Hall–Kier alpha value is -2.62. The number of benzene rings is 1. The fourth-order valence-corrected chi connectivity index (χ4v) is 2.89. The summed E-state index contributed by atoms with van der Waals surface area (Å²) in [7, 11) is 0. The maximum atomic E-state index is 11.8. The van der Waals surface area contributed by atoms with E-state index in [-0.39, 0.29) is 5.97 Å². The quantitative estimate of drug-likeness (QED) is 0.625. The molecule has 0 aliphatic carbocycles. The van der Waals surface area contributed by atoms with Gasteiger partial charge in [-0.2, -0.15) is 0 Å². The Labute approximate surface area is 142 Å². The van der Waals surface area contributed by atoms with E-state index >= 15 is 0 Å². The number of para-hydroxylation sites is 1. The molecule has 2 aromatic rings. The van der Waals surface area contributed by atoms with Crippen molar-refractivity contribution in [3.63, 3.8) is 0 Å². The van der Waals surface area contributed by atoms with Crippen molar-refractivity contribution < 1.29 is 9.53 Å². The number of nitrogens with zero attached hydrogens (tertiary/aromatic N) is 2. The Kier molecular flexibility index (Phi) is 5.26. The molecular formula is C20H22N2O2. The number of ether oxygens (including phenoxy) is 1. The lowest BCUT2D eigenvalue weighted by atomic mass is 10.0. The van der Waals surface area contributed by atoms with Crippen molar-refractivity contribution in [3.8, 4) is 0 Å². The van der Waals surface area contributed by atoms with Gasteiger partial charge in [-0.25, -0.2) is 4.79 Å². The van der Waals surface area contributed by atoms with Crippen LogP contribution in [0.5, 0.6) is 0 Å². The van der Waals surface area contributed by atoms with Gasteiger partial charge >= 0.3 is 5.97 Å². The van der Waals surface area contributed by atoms with E-state index in [0.717, 1.165) is 37.2 Å². The van der Waals surface area contributed by atoms with Crippen molar-refractivity contribution in [2.75, 3.05) is 24.6 Å². The molecule has 1 aliphatic rings. The van der Waals surface area contributed by atoms with Crippen LogP contribution < -0.4 is 4.90 Å². The van der Waals surface area contributed by atoms with Gasteiger partial charge < -0.3 is 9.64 Å². The van der Waals surface area contributed by atoms with Crippen LogP contribution in [0, 0.1) is 6.92 Å². The van der Waals surface area contributed by atoms with E-state index in [1.54, 1.807) is 12.3 Å². The first-order valence-corrected chi connectivity index (χ1v) is 8.33. The van der Waals surface area contributed by atoms with Gasteiger partial charge in [0, 0.05) is 30.2 Å². The van der Waals surface area contributed by atoms with Gasteiger partial charge in [0.2, 0.25) is 0 Å². The molecule has 0 bridgehead atoms. The predicted octanol–water partition coefficient (Wildman–Crippen LogP) is 3.40. The molecule has 4 heteroatoms. The van der Waals surface area contributed by atoms with Crippen LogP contribution >= 0.6 is 0 Å². The summed E-state index contributed by atoms with van der Waals surface area (Å²) in [6, 6.07) is 12.3. The van der Waals surface area contributed by atoms with Crippen LogP contribution in [-0.2, 0) is 16.0 Å². The molecule has 0 fully saturated rings. The third kappa shape index (κ3) is 4.22. The highest BCUT2D eigenvalue weighted by molar-refractivity contribution is 5.87. The smallest absolute Gasteiger partial charge is 0.330 e. The topological polar surface area (TPSA) is 42.4 Å². The second-order valence-electron chi connectivity index (χ2n) is 5.95. The van der Waals surface area contributed by atoms with E-state index in [9.17, 15) is 4.79 Å². The number of aryl methyl sites for hydroxylation is 2. The van der Waals surface area contributed by atoms with Crippen LogP contribution in [0.4, 0.5) is 5.69 Å². The number of esters is 1. The number of rotatable bonds is 5. The summed E-state index contributed by atoms with van der Waals surface area (Å²) in [5.74, 6) is -0.319. The molecule has 4 nitrogen and oxygen atoms in total. The molecule has 0 radical (unpaired) electrons. The number of carbonyl (C=O) groups excluding carboxylic acids is 1. The SMILES string of the molecule is Cc1ccc(/C=C/C(=O)OCCN2CCCc3ccccc32)cn1. The number of hydrogen-bond donors (Lipinski definition) is 0. The van der Waals surface area contributed by atoms with Gasteiger partial charge in [0.1, 0.15) is 6.61 Å². The summed E-state index contributed by atoms with van der Waals surface area (Å²) < 4.78 is 5.32. The normalized spacial score (nSPS) is 13.8. The van der Waals surface area contributed by atoms with E-state index in [1.165, 1.54) is 17.3 Å². The average Bonchev–Trinajstić information content (AvgIpc) is 2.61. The second kappa shape index (κ2) is 7.77. The van der Waals surface area contributed by atoms with E-state index in [2.05, 4.69) is 34.1 Å². The van der Waals surface area contributed by atoms with Crippen LogP contribution in [0.15, 0.2) is 48.7 Å². The molecule has 24 heavy (non-hydrogen) atoms. The Morgan fingerprint density at radius 1 is 1.29 bits per heavy atom. The monoisotopic (exact) mass is 322 g/mol. The summed E-state index contributed by atoms with van der Waals surface area (Å²) in [6.07, 6.45) is 7.19. The van der Waals surface area contributed by atoms with Crippen molar-refractivity contribution in [2.45, 2.75) is 19.8 Å². The summed E-state index contributed by atoms with van der Waals surface area (Å²) in [4.78, 5) is 18.3. The maximum Gasteiger partial charge on any atom is 0.330 e. The Morgan fingerprint density at radius 2 is 2.17 bits per heavy atom. The minimum absolute atomic E-state index is 0.319. The molecule has 124 valence electrons. The molecule has 0 saturated carbocycles. The number of carbonyl (C=O) groups is 1. The minimum atomic E-state index is -0.319. The van der Waals surface area contributed by atoms with Gasteiger partial charge in [0.15, 0.2) is 0 Å². The number of pyridine rings is 1. The number of aromatic nitrogens is 1. The summed E-state index contributed by atoms with van der Waals surface area (Å²) in [6.45, 7) is 4.06. The largest absolute Gasteiger partial charge is 0.461 e. The third-order valence-electron chi connectivity index (χ3n) is 4.16. The van der Waals surface area contributed by atoms with Crippen LogP contribution in [0.3, 0.4) is 0 Å². The van der Waals surface area contributed by atoms with Crippen LogP contribution in [-0.4, -0.2) is 30.6 Å². The van der Waals surface area contributed by atoms with E-state index < -0.39 is 0 Å². The van der Waals surface area contributed by atoms with Gasteiger partial charge in [0.25, 0.3) is 0 Å². The fourth-order valence-electron chi connectivity index (χ4n) is 2.89. The number of anilines is 1. The molecule has 0 atom stereocenters. The molecule has 0 N–H and O–H groups in total. The highest BCUT2D eigenvalue weighted by Crippen LogP contribution is 2.26. The summed E-state index contributed by atoms with van der Waals surface area (Å²) >= 11 is 0. The van der Waals surface area contributed by atoms with Crippen LogP contribution in [0.25, 0.3) is 6.08 Å². The van der Waals surface area contributed by atoms with Crippen molar-refractivity contribution >= 4 is 17.7 Å². The third-order valence-corrected chi connectivity index (χ3v) is 4.16. The molecule has 3 rings (SSSR count). The molecule has 0 unspecified atom stereocenters. The Morgan fingerprint density at radius 3 is 3.00 bits per heavy atom. The van der Waals surface area contributed by atoms with Crippen molar-refractivity contribution in [1.29, 1.82) is 0 Å². The molecule has 1 aromatic carbocycles. The predicted molar refractivity (Wildman–Crippen MR) is 95.9 cm³/mol. The van der Waals surface area contributed by atoms with Crippen LogP contribution in [0.1, 0.15) is 23.2 Å². The molecule has 0 amide bonds. The van der Waals surface area contributed by atoms with E-state index in [4.69, 9.17) is 4.74 Å². The van der Waals surface area contributed by atoms with Gasteiger partial charge in [-0.05, 0) is 49.1 Å². The Bertz CT molecular complexity index is 723. The zero-order valence-corrected chi connectivity index (χ0v) is 13.9. The van der Waals surface area contributed by atoms with Gasteiger partial charge in [-0.1, -0.05) is 24.3 Å². The first-order valence-electron chi connectivity index (χ1n) is 8.33. The first-order chi connectivity index (χ1) is 11.7. The molecule has 1 aliphatic heterocycles. The summed E-state index contributed by atoms with van der Waals surface area (Å²) in [5.41, 5.74) is 4.49. The highest BCUT2D eigenvalue weighted by atomic mass is 16.5. The zero-order chi connectivity index (χ0) is 16.8. The van der Waals surface area contributed by atoms with Crippen molar-refractivity contribution in [2.24, 2.45) is 0 Å². The lowest BCUT2D eigenvalue weighted by Gasteiger charge is -2.30. The first kappa shape index (κ1) is 16.2. The molecule has 2 heterocycles. The van der Waals surface area contributed by atoms with Gasteiger partial charge in [-0.15, -0.1) is 0 Å². The highest BCUT2D eigenvalue weighted by Gasteiger charge is 2.15. The zero-order valence-electron chi connectivity index (χ0n) is 13.9.